The largest absolute Gasteiger partial charge is 0.428 e. The minimum absolute atomic E-state index is 0.0435. The number of hydrogen-bond donors (Lipinski definition) is 0. The Bertz CT molecular complexity index is 545. The summed E-state index contributed by atoms with van der Waals surface area (Å²) in [5.74, 6) is -1.11. The lowest BCUT2D eigenvalue weighted by Gasteiger charge is -2.10. The van der Waals surface area contributed by atoms with Crippen LogP contribution >= 0.6 is 0 Å². The molecule has 22 heavy (non-hydrogen) atoms. The number of halogens is 1. The minimum Gasteiger partial charge on any atom is -0.428 e. The van der Waals surface area contributed by atoms with E-state index >= 15 is 0 Å². The molecule has 1 saturated carbocycles. The smallest absolute Gasteiger partial charge is 0.321 e. The van der Waals surface area contributed by atoms with E-state index in [2.05, 4.69) is 15.0 Å². The molecule has 1 aliphatic rings. The van der Waals surface area contributed by atoms with Gasteiger partial charge in [-0.15, -0.1) is 0 Å². The second-order valence-electron chi connectivity index (χ2n) is 5.24. The maximum absolute atomic E-state index is 13.5. The van der Waals surface area contributed by atoms with Crippen LogP contribution in [0, 0.1) is 11.7 Å². The Morgan fingerprint density at radius 2 is 2.23 bits per heavy atom. The van der Waals surface area contributed by atoms with E-state index in [9.17, 15) is 9.18 Å². The third-order valence-electron chi connectivity index (χ3n) is 3.19. The highest BCUT2D eigenvalue weighted by atomic mass is 19.1. The van der Waals surface area contributed by atoms with Crippen LogP contribution in [0.5, 0.6) is 6.01 Å². The Morgan fingerprint density at radius 1 is 1.50 bits per heavy atom. The minimum atomic E-state index is -0.659. The van der Waals surface area contributed by atoms with Crippen molar-refractivity contribution in [3.8, 4) is 6.01 Å². The highest BCUT2D eigenvalue weighted by Gasteiger charge is 2.24. The summed E-state index contributed by atoms with van der Waals surface area (Å²) in [6.07, 6.45) is 6.19. The summed E-state index contributed by atoms with van der Waals surface area (Å²) in [6.45, 7) is -0.294. The van der Waals surface area contributed by atoms with Crippen molar-refractivity contribution in [2.24, 2.45) is 10.9 Å². The summed E-state index contributed by atoms with van der Waals surface area (Å²) in [5.41, 5.74) is 0. The number of aromatic nitrogens is 2. The molecular weight excluding hydrogens is 291 g/mol. The van der Waals surface area contributed by atoms with Crippen LogP contribution in [0.3, 0.4) is 0 Å². The Balaban J connectivity index is 1.87. The normalized spacial score (nSPS) is 15.2. The van der Waals surface area contributed by atoms with Crippen molar-refractivity contribution in [2.75, 3.05) is 20.9 Å². The number of rotatable bonds is 6. The molecule has 1 aromatic rings. The first-order chi connectivity index (χ1) is 10.6. The van der Waals surface area contributed by atoms with Gasteiger partial charge in [0.05, 0.1) is 18.5 Å². The molecule has 1 fully saturated rings. The van der Waals surface area contributed by atoms with Crippen LogP contribution in [0.1, 0.15) is 25.7 Å². The van der Waals surface area contributed by atoms with Crippen molar-refractivity contribution in [3.05, 3.63) is 12.0 Å². The van der Waals surface area contributed by atoms with Crippen molar-refractivity contribution in [1.29, 1.82) is 0 Å². The van der Waals surface area contributed by atoms with E-state index in [1.165, 1.54) is 6.34 Å². The third kappa shape index (κ3) is 4.64. The molecule has 1 aromatic heterocycles. The zero-order valence-electron chi connectivity index (χ0n) is 12.7. The number of carbonyl (C=O) groups excluding carboxylic acids is 1. The Labute approximate surface area is 128 Å². The van der Waals surface area contributed by atoms with E-state index < -0.39 is 5.82 Å². The SMILES string of the molecule is CN(C)/C=N/c1nc(OCOC(=O)C2CCCC2)ncc1F. The molecule has 0 spiro atoms. The molecule has 0 amide bonds. The zero-order valence-corrected chi connectivity index (χ0v) is 12.7. The maximum atomic E-state index is 13.5. The van der Waals surface area contributed by atoms with E-state index in [1.54, 1.807) is 19.0 Å². The van der Waals surface area contributed by atoms with Crippen molar-refractivity contribution < 1.29 is 18.7 Å². The zero-order chi connectivity index (χ0) is 15.9. The summed E-state index contributed by atoms with van der Waals surface area (Å²) < 4.78 is 23.6. The standard InChI is InChI=1S/C14H19FN4O3/c1-19(2)8-17-12-11(15)7-16-14(18-12)22-9-21-13(20)10-5-3-4-6-10/h7-8,10H,3-6,9H2,1-2H3/b17-8+. The van der Waals surface area contributed by atoms with Crippen molar-refractivity contribution in [3.63, 3.8) is 0 Å². The Kier molecular flexibility index (Phi) is 5.62. The first-order valence-electron chi connectivity index (χ1n) is 7.09. The lowest BCUT2D eigenvalue weighted by molar-refractivity contribution is -0.155. The van der Waals surface area contributed by atoms with Gasteiger partial charge in [-0.05, 0) is 12.8 Å². The molecule has 1 aliphatic carbocycles. The summed E-state index contributed by atoms with van der Waals surface area (Å²) in [5, 5.41) is 0. The summed E-state index contributed by atoms with van der Waals surface area (Å²) >= 11 is 0. The van der Waals surface area contributed by atoms with Gasteiger partial charge >= 0.3 is 12.0 Å². The van der Waals surface area contributed by atoms with Gasteiger partial charge in [-0.3, -0.25) is 4.79 Å². The van der Waals surface area contributed by atoms with Crippen molar-refractivity contribution in [2.45, 2.75) is 25.7 Å². The first kappa shape index (κ1) is 16.1. The molecule has 0 aliphatic heterocycles. The molecule has 1 heterocycles. The molecule has 0 radical (unpaired) electrons. The van der Waals surface area contributed by atoms with Gasteiger partial charge in [-0.1, -0.05) is 12.8 Å². The fourth-order valence-electron chi connectivity index (χ4n) is 2.09. The molecule has 0 unspecified atom stereocenters. The molecule has 0 atom stereocenters. The molecule has 0 aromatic carbocycles. The number of aliphatic imine (C=N–C) groups is 1. The number of hydrogen-bond acceptors (Lipinski definition) is 6. The lowest BCUT2D eigenvalue weighted by Crippen LogP contribution is -2.18. The maximum Gasteiger partial charge on any atom is 0.321 e. The third-order valence-corrected chi connectivity index (χ3v) is 3.19. The highest BCUT2D eigenvalue weighted by molar-refractivity contribution is 5.72. The van der Waals surface area contributed by atoms with Gasteiger partial charge in [-0.2, -0.15) is 4.98 Å². The van der Waals surface area contributed by atoms with E-state index in [4.69, 9.17) is 9.47 Å². The molecule has 8 heteroatoms. The van der Waals surface area contributed by atoms with E-state index in [-0.39, 0.29) is 30.5 Å². The monoisotopic (exact) mass is 310 g/mol. The van der Waals surface area contributed by atoms with Crippen LogP contribution in [0.4, 0.5) is 10.2 Å². The number of carbonyl (C=O) groups is 1. The van der Waals surface area contributed by atoms with Gasteiger partial charge in [0.2, 0.25) is 6.79 Å². The molecule has 120 valence electrons. The predicted molar refractivity (Wildman–Crippen MR) is 77.4 cm³/mol. The quantitative estimate of drug-likeness (QED) is 0.346. The number of nitrogens with zero attached hydrogens (tertiary/aromatic N) is 4. The average Bonchev–Trinajstić information content (AvgIpc) is 3.01. The summed E-state index contributed by atoms with van der Waals surface area (Å²) in [4.78, 5) is 24.7. The molecular formula is C14H19FN4O3. The first-order valence-corrected chi connectivity index (χ1v) is 7.09. The van der Waals surface area contributed by atoms with Gasteiger partial charge in [0.1, 0.15) is 0 Å². The predicted octanol–water partition coefficient (Wildman–Crippen LogP) is 1.91. The van der Waals surface area contributed by atoms with Gasteiger partial charge < -0.3 is 14.4 Å². The van der Waals surface area contributed by atoms with Gasteiger partial charge in [0.25, 0.3) is 0 Å². The molecule has 7 nitrogen and oxygen atoms in total. The van der Waals surface area contributed by atoms with Crippen LogP contribution in [-0.2, 0) is 9.53 Å². The molecule has 0 N–H and O–H groups in total. The van der Waals surface area contributed by atoms with Gasteiger partial charge in [-0.25, -0.2) is 14.4 Å². The summed E-state index contributed by atoms with van der Waals surface area (Å²) in [7, 11) is 3.50. The number of ether oxygens (including phenoxy) is 2. The van der Waals surface area contributed by atoms with E-state index in [0.29, 0.717) is 0 Å². The van der Waals surface area contributed by atoms with Crippen LogP contribution in [0.2, 0.25) is 0 Å². The second kappa shape index (κ2) is 7.67. The Hall–Kier alpha value is -2.25. The highest BCUT2D eigenvalue weighted by Crippen LogP contribution is 2.25. The van der Waals surface area contributed by atoms with Crippen molar-refractivity contribution >= 4 is 18.1 Å². The van der Waals surface area contributed by atoms with Crippen molar-refractivity contribution in [1.82, 2.24) is 14.9 Å². The van der Waals surface area contributed by atoms with Crippen LogP contribution in [0.15, 0.2) is 11.2 Å². The van der Waals surface area contributed by atoms with Gasteiger partial charge in [0.15, 0.2) is 11.6 Å². The number of esters is 1. The fraction of sp³-hybridized carbons (Fsp3) is 0.571. The Morgan fingerprint density at radius 3 is 2.91 bits per heavy atom. The second-order valence-corrected chi connectivity index (χ2v) is 5.24. The molecule has 2 rings (SSSR count). The topological polar surface area (TPSA) is 76.9 Å². The van der Waals surface area contributed by atoms with Crippen LogP contribution in [-0.4, -0.2) is 48.1 Å². The van der Waals surface area contributed by atoms with Gasteiger partial charge in [0, 0.05) is 14.1 Å². The lowest BCUT2D eigenvalue weighted by atomic mass is 10.1. The molecule has 0 bridgehead atoms. The van der Waals surface area contributed by atoms with Crippen LogP contribution in [0.25, 0.3) is 0 Å². The molecule has 0 saturated heterocycles. The van der Waals surface area contributed by atoms with E-state index in [1.807, 2.05) is 0 Å². The average molecular weight is 310 g/mol. The van der Waals surface area contributed by atoms with E-state index in [0.717, 1.165) is 31.9 Å². The summed E-state index contributed by atoms with van der Waals surface area (Å²) in [6, 6.07) is -0.0912. The van der Waals surface area contributed by atoms with Crippen LogP contribution < -0.4 is 4.74 Å². The fourth-order valence-corrected chi connectivity index (χ4v) is 2.09.